The molecule has 0 radical (unpaired) electrons. The van der Waals surface area contributed by atoms with E-state index in [4.69, 9.17) is 5.11 Å². The molecular weight excluding hydrogens is 273 g/mol. The molecule has 1 saturated heterocycles. The standard InChI is InChI=1S/C12H14FNO4S/c13-10-7-8(12(15)16)1-2-11(10)14-9-3-5-19(17,18)6-4-9/h1-2,7,9,14H,3-6H2,(H,15,16). The molecule has 0 spiro atoms. The summed E-state index contributed by atoms with van der Waals surface area (Å²) < 4.78 is 36.2. The van der Waals surface area contributed by atoms with Crippen LogP contribution in [0.2, 0.25) is 0 Å². The number of carbonyl (C=O) groups is 1. The molecule has 0 aliphatic carbocycles. The van der Waals surface area contributed by atoms with Crippen LogP contribution >= 0.6 is 0 Å². The third kappa shape index (κ3) is 3.44. The molecule has 104 valence electrons. The van der Waals surface area contributed by atoms with Crippen LogP contribution < -0.4 is 5.32 Å². The first-order chi connectivity index (χ1) is 8.87. The molecular formula is C12H14FNO4S. The van der Waals surface area contributed by atoms with E-state index in [1.807, 2.05) is 0 Å². The van der Waals surface area contributed by atoms with Crippen LogP contribution in [0, 0.1) is 5.82 Å². The molecule has 0 aromatic heterocycles. The van der Waals surface area contributed by atoms with Crippen LogP contribution in [0.3, 0.4) is 0 Å². The van der Waals surface area contributed by atoms with Gasteiger partial charge in [0, 0.05) is 6.04 Å². The van der Waals surface area contributed by atoms with Crippen molar-refractivity contribution in [1.29, 1.82) is 0 Å². The normalized spacial score (nSPS) is 19.0. The van der Waals surface area contributed by atoms with E-state index in [9.17, 15) is 17.6 Å². The Labute approximate surface area is 110 Å². The Morgan fingerprint density at radius 3 is 2.47 bits per heavy atom. The van der Waals surface area contributed by atoms with Crippen LogP contribution in [-0.2, 0) is 9.84 Å². The maximum absolute atomic E-state index is 13.7. The molecule has 1 aromatic carbocycles. The van der Waals surface area contributed by atoms with Gasteiger partial charge in [-0.1, -0.05) is 0 Å². The first kappa shape index (κ1) is 13.8. The largest absolute Gasteiger partial charge is 0.478 e. The number of hydrogen-bond acceptors (Lipinski definition) is 4. The summed E-state index contributed by atoms with van der Waals surface area (Å²) in [7, 11) is -2.95. The minimum atomic E-state index is -2.95. The maximum atomic E-state index is 13.7. The van der Waals surface area contributed by atoms with Crippen molar-refractivity contribution in [3.05, 3.63) is 29.6 Å². The number of aromatic carboxylic acids is 1. The highest BCUT2D eigenvalue weighted by molar-refractivity contribution is 7.91. The number of anilines is 1. The first-order valence-corrected chi connectivity index (χ1v) is 7.69. The van der Waals surface area contributed by atoms with E-state index < -0.39 is 21.6 Å². The fourth-order valence-corrected chi connectivity index (χ4v) is 3.51. The molecule has 2 rings (SSSR count). The van der Waals surface area contributed by atoms with Gasteiger partial charge in [0.05, 0.1) is 22.8 Å². The average Bonchev–Trinajstić information content (AvgIpc) is 2.34. The molecule has 19 heavy (non-hydrogen) atoms. The molecule has 1 heterocycles. The van der Waals surface area contributed by atoms with Gasteiger partial charge in [-0.05, 0) is 31.0 Å². The molecule has 1 fully saturated rings. The Kier molecular flexibility index (Phi) is 3.75. The van der Waals surface area contributed by atoms with E-state index in [2.05, 4.69) is 5.32 Å². The number of benzene rings is 1. The number of halogens is 1. The van der Waals surface area contributed by atoms with Crippen molar-refractivity contribution in [1.82, 2.24) is 0 Å². The second-order valence-corrected chi connectivity index (χ2v) is 6.87. The summed E-state index contributed by atoms with van der Waals surface area (Å²) in [6, 6.07) is 3.52. The molecule has 0 amide bonds. The lowest BCUT2D eigenvalue weighted by molar-refractivity contribution is 0.0696. The van der Waals surface area contributed by atoms with Gasteiger partial charge in [-0.2, -0.15) is 0 Å². The number of carboxylic acids is 1. The minimum absolute atomic E-state index is 0.0967. The van der Waals surface area contributed by atoms with Gasteiger partial charge in [0.2, 0.25) is 0 Å². The summed E-state index contributed by atoms with van der Waals surface area (Å²) >= 11 is 0. The van der Waals surface area contributed by atoms with Crippen LogP contribution in [0.25, 0.3) is 0 Å². The van der Waals surface area contributed by atoms with Crippen molar-refractivity contribution in [2.24, 2.45) is 0 Å². The Hall–Kier alpha value is -1.63. The molecule has 0 atom stereocenters. The lowest BCUT2D eigenvalue weighted by atomic mass is 10.1. The van der Waals surface area contributed by atoms with Gasteiger partial charge in [-0.25, -0.2) is 17.6 Å². The van der Waals surface area contributed by atoms with E-state index in [1.165, 1.54) is 12.1 Å². The van der Waals surface area contributed by atoms with E-state index in [-0.39, 0.29) is 28.8 Å². The summed E-state index contributed by atoms with van der Waals surface area (Å²) in [6.07, 6.45) is 0.866. The number of hydrogen-bond donors (Lipinski definition) is 2. The SMILES string of the molecule is O=C(O)c1ccc(NC2CCS(=O)(=O)CC2)c(F)c1. The average molecular weight is 287 g/mol. The topological polar surface area (TPSA) is 83.5 Å². The smallest absolute Gasteiger partial charge is 0.335 e. The van der Waals surface area contributed by atoms with E-state index in [0.29, 0.717) is 12.8 Å². The number of rotatable bonds is 3. The van der Waals surface area contributed by atoms with Crippen molar-refractivity contribution in [2.75, 3.05) is 16.8 Å². The molecule has 1 aliphatic heterocycles. The fraction of sp³-hybridized carbons (Fsp3) is 0.417. The monoisotopic (exact) mass is 287 g/mol. The molecule has 0 saturated carbocycles. The predicted octanol–water partition coefficient (Wildman–Crippen LogP) is 1.51. The second kappa shape index (κ2) is 5.16. The highest BCUT2D eigenvalue weighted by Crippen LogP contribution is 2.21. The minimum Gasteiger partial charge on any atom is -0.478 e. The predicted molar refractivity (Wildman–Crippen MR) is 68.7 cm³/mol. The van der Waals surface area contributed by atoms with Gasteiger partial charge in [0.25, 0.3) is 0 Å². The number of sulfone groups is 1. The zero-order chi connectivity index (χ0) is 14.0. The highest BCUT2D eigenvalue weighted by Gasteiger charge is 2.24. The first-order valence-electron chi connectivity index (χ1n) is 5.87. The van der Waals surface area contributed by atoms with E-state index in [0.717, 1.165) is 6.07 Å². The van der Waals surface area contributed by atoms with Crippen molar-refractivity contribution >= 4 is 21.5 Å². The molecule has 2 N–H and O–H groups in total. The molecule has 1 aromatic rings. The summed E-state index contributed by atoms with van der Waals surface area (Å²) in [6.45, 7) is 0. The van der Waals surface area contributed by atoms with Gasteiger partial charge < -0.3 is 10.4 Å². The van der Waals surface area contributed by atoms with E-state index >= 15 is 0 Å². The summed E-state index contributed by atoms with van der Waals surface area (Å²) in [5.74, 6) is -1.64. The van der Waals surface area contributed by atoms with Gasteiger partial charge in [-0.15, -0.1) is 0 Å². The van der Waals surface area contributed by atoms with Crippen molar-refractivity contribution in [3.8, 4) is 0 Å². The quantitative estimate of drug-likeness (QED) is 0.880. The van der Waals surface area contributed by atoms with Crippen LogP contribution in [0.1, 0.15) is 23.2 Å². The summed E-state index contributed by atoms with van der Waals surface area (Å²) in [5, 5.41) is 11.6. The van der Waals surface area contributed by atoms with Gasteiger partial charge in [0.1, 0.15) is 15.7 Å². The second-order valence-electron chi connectivity index (χ2n) is 4.57. The van der Waals surface area contributed by atoms with Crippen LogP contribution in [-0.4, -0.2) is 37.0 Å². The van der Waals surface area contributed by atoms with Crippen LogP contribution in [0.15, 0.2) is 18.2 Å². The van der Waals surface area contributed by atoms with Gasteiger partial charge in [-0.3, -0.25) is 0 Å². The Bertz CT molecular complexity index is 586. The fourth-order valence-electron chi connectivity index (χ4n) is 2.02. The molecule has 0 unspecified atom stereocenters. The van der Waals surface area contributed by atoms with Crippen LogP contribution in [0.5, 0.6) is 0 Å². The molecule has 7 heteroatoms. The van der Waals surface area contributed by atoms with Crippen molar-refractivity contribution in [2.45, 2.75) is 18.9 Å². The molecule has 1 aliphatic rings. The lowest BCUT2D eigenvalue weighted by Gasteiger charge is -2.24. The highest BCUT2D eigenvalue weighted by atomic mass is 32.2. The third-order valence-corrected chi connectivity index (χ3v) is 4.85. The Morgan fingerprint density at radius 2 is 1.95 bits per heavy atom. The lowest BCUT2D eigenvalue weighted by Crippen LogP contribution is -2.32. The van der Waals surface area contributed by atoms with Gasteiger partial charge in [0.15, 0.2) is 0 Å². The zero-order valence-electron chi connectivity index (χ0n) is 10.1. The van der Waals surface area contributed by atoms with Crippen LogP contribution in [0.4, 0.5) is 10.1 Å². The summed E-state index contributed by atoms with van der Waals surface area (Å²) in [4.78, 5) is 10.7. The number of carboxylic acid groups (broad SMARTS) is 1. The Morgan fingerprint density at radius 1 is 1.32 bits per heavy atom. The summed E-state index contributed by atoms with van der Waals surface area (Å²) in [5.41, 5.74) is 0.0866. The third-order valence-electron chi connectivity index (χ3n) is 3.13. The van der Waals surface area contributed by atoms with E-state index in [1.54, 1.807) is 0 Å². The van der Waals surface area contributed by atoms with Crippen molar-refractivity contribution in [3.63, 3.8) is 0 Å². The maximum Gasteiger partial charge on any atom is 0.335 e. The number of nitrogens with one attached hydrogen (secondary N) is 1. The van der Waals surface area contributed by atoms with Crippen molar-refractivity contribution < 1.29 is 22.7 Å². The molecule has 5 nitrogen and oxygen atoms in total. The Balaban J connectivity index is 2.06. The van der Waals surface area contributed by atoms with Gasteiger partial charge >= 0.3 is 5.97 Å². The molecule has 0 bridgehead atoms. The zero-order valence-corrected chi connectivity index (χ0v) is 10.9.